The minimum Gasteiger partial charge on any atom is -0.379 e. The van der Waals surface area contributed by atoms with Crippen molar-refractivity contribution < 1.29 is 4.74 Å². The van der Waals surface area contributed by atoms with Gasteiger partial charge in [-0.05, 0) is 119 Å². The largest absolute Gasteiger partial charge is 0.379 e. The Morgan fingerprint density at radius 3 is 1.67 bits per heavy atom. The van der Waals surface area contributed by atoms with Gasteiger partial charge >= 0.3 is 0 Å². The third-order valence-corrected chi connectivity index (χ3v) is 9.22. The summed E-state index contributed by atoms with van der Waals surface area (Å²) in [5.74, 6) is 5.83. The normalized spacial score (nSPS) is 36.3. The molecule has 1 unspecified atom stereocenters. The second-order valence-electron chi connectivity index (χ2n) is 11.0. The predicted octanol–water partition coefficient (Wildman–Crippen LogP) is 8.39. The molecule has 30 heavy (non-hydrogen) atoms. The molecule has 3 aliphatic rings. The first-order chi connectivity index (χ1) is 14.7. The van der Waals surface area contributed by atoms with Gasteiger partial charge < -0.3 is 4.74 Å². The van der Waals surface area contributed by atoms with Crippen LogP contribution in [0.3, 0.4) is 0 Å². The highest BCUT2D eigenvalue weighted by molar-refractivity contribution is 5.18. The van der Waals surface area contributed by atoms with Crippen LogP contribution in [0.2, 0.25) is 0 Å². The van der Waals surface area contributed by atoms with E-state index in [1.54, 1.807) is 0 Å². The molecule has 4 rings (SSSR count). The average Bonchev–Trinajstić information content (AvgIpc) is 2.81. The Bertz CT molecular complexity index is 586. The summed E-state index contributed by atoms with van der Waals surface area (Å²) in [5.41, 5.74) is 1.54. The first-order valence-electron chi connectivity index (χ1n) is 13.4. The molecular formula is C29H46O. The van der Waals surface area contributed by atoms with Crippen LogP contribution in [0.25, 0.3) is 0 Å². The summed E-state index contributed by atoms with van der Waals surface area (Å²) in [7, 11) is 0. The van der Waals surface area contributed by atoms with E-state index in [1.165, 1.54) is 89.0 Å². The molecule has 0 heterocycles. The zero-order chi connectivity index (χ0) is 20.8. The molecule has 0 aliphatic heterocycles. The summed E-state index contributed by atoms with van der Waals surface area (Å²) < 4.78 is 5.87. The van der Waals surface area contributed by atoms with Gasteiger partial charge in [-0.2, -0.15) is 0 Å². The maximum atomic E-state index is 5.87. The molecular weight excluding hydrogens is 364 g/mol. The summed E-state index contributed by atoms with van der Waals surface area (Å²) in [6, 6.07) is 11.2. The molecule has 0 bridgehead atoms. The van der Waals surface area contributed by atoms with Gasteiger partial charge in [0.15, 0.2) is 0 Å². The van der Waals surface area contributed by atoms with Gasteiger partial charge in [0.25, 0.3) is 0 Å². The molecule has 1 heteroatoms. The SMILES string of the molecule is CCOC1CCC(C2CCC(C3CCC(CC(C)c4ccccc4)CC3)CC2)CC1. The highest BCUT2D eigenvalue weighted by Gasteiger charge is 2.35. The maximum absolute atomic E-state index is 5.87. The predicted molar refractivity (Wildman–Crippen MR) is 128 cm³/mol. The van der Waals surface area contributed by atoms with E-state index >= 15 is 0 Å². The van der Waals surface area contributed by atoms with Crippen LogP contribution in [0.15, 0.2) is 30.3 Å². The first-order valence-corrected chi connectivity index (χ1v) is 13.4. The van der Waals surface area contributed by atoms with E-state index in [4.69, 9.17) is 4.74 Å². The van der Waals surface area contributed by atoms with Crippen molar-refractivity contribution >= 4 is 0 Å². The van der Waals surface area contributed by atoms with E-state index in [1.807, 2.05) is 0 Å². The van der Waals surface area contributed by atoms with Crippen molar-refractivity contribution in [2.45, 2.75) is 109 Å². The van der Waals surface area contributed by atoms with E-state index < -0.39 is 0 Å². The van der Waals surface area contributed by atoms with E-state index in [-0.39, 0.29) is 0 Å². The van der Waals surface area contributed by atoms with Gasteiger partial charge in [-0.25, -0.2) is 0 Å². The lowest BCUT2D eigenvalue weighted by Gasteiger charge is -2.41. The van der Waals surface area contributed by atoms with Crippen LogP contribution in [0.1, 0.15) is 109 Å². The Labute approximate surface area is 186 Å². The molecule has 0 spiro atoms. The molecule has 3 fully saturated rings. The van der Waals surface area contributed by atoms with Crippen LogP contribution in [0.5, 0.6) is 0 Å². The molecule has 1 atom stereocenters. The molecule has 1 aromatic rings. The van der Waals surface area contributed by atoms with Crippen LogP contribution in [-0.4, -0.2) is 12.7 Å². The van der Waals surface area contributed by atoms with Crippen LogP contribution >= 0.6 is 0 Å². The summed E-state index contributed by atoms with van der Waals surface area (Å²) in [6.45, 7) is 5.48. The van der Waals surface area contributed by atoms with Gasteiger partial charge in [-0.15, -0.1) is 0 Å². The molecule has 0 saturated heterocycles. The van der Waals surface area contributed by atoms with Crippen molar-refractivity contribution in [1.29, 1.82) is 0 Å². The topological polar surface area (TPSA) is 9.23 Å². The first kappa shape index (κ1) is 22.4. The molecule has 3 aliphatic carbocycles. The number of benzene rings is 1. The molecule has 0 aromatic heterocycles. The highest BCUT2D eigenvalue weighted by atomic mass is 16.5. The Hall–Kier alpha value is -0.820. The summed E-state index contributed by atoms with van der Waals surface area (Å²) >= 11 is 0. The summed E-state index contributed by atoms with van der Waals surface area (Å²) in [6.07, 6.45) is 19.6. The van der Waals surface area contributed by atoms with E-state index in [9.17, 15) is 0 Å². The lowest BCUT2D eigenvalue weighted by Crippen LogP contribution is -2.31. The Balaban J connectivity index is 1.15. The zero-order valence-electron chi connectivity index (χ0n) is 19.7. The fourth-order valence-corrected chi connectivity index (χ4v) is 7.36. The van der Waals surface area contributed by atoms with Gasteiger partial charge in [-0.1, -0.05) is 50.1 Å². The summed E-state index contributed by atoms with van der Waals surface area (Å²) in [4.78, 5) is 0. The Morgan fingerprint density at radius 1 is 0.700 bits per heavy atom. The van der Waals surface area contributed by atoms with Crippen molar-refractivity contribution in [3.8, 4) is 0 Å². The van der Waals surface area contributed by atoms with Crippen LogP contribution in [-0.2, 0) is 4.74 Å². The molecule has 0 radical (unpaired) electrons. The van der Waals surface area contributed by atoms with Gasteiger partial charge in [0.2, 0.25) is 0 Å². The lowest BCUT2D eigenvalue weighted by atomic mass is 9.65. The quantitative estimate of drug-likeness (QED) is 0.438. The number of ether oxygens (including phenoxy) is 1. The standard InChI is InChI=1S/C29H46O/c1-3-30-29-19-17-28(18-20-29)27-15-13-26(14-16-27)25-11-9-23(10-12-25)21-22(2)24-7-5-4-6-8-24/h4-8,22-23,25-29H,3,9-21H2,1-2H3. The zero-order valence-corrected chi connectivity index (χ0v) is 19.7. The smallest absolute Gasteiger partial charge is 0.0575 e. The van der Waals surface area contributed by atoms with Gasteiger partial charge in [0.05, 0.1) is 6.10 Å². The number of hydrogen-bond donors (Lipinski definition) is 0. The van der Waals surface area contributed by atoms with Crippen molar-refractivity contribution in [3.05, 3.63) is 35.9 Å². The minimum atomic E-state index is 0.572. The second-order valence-corrected chi connectivity index (χ2v) is 11.0. The molecule has 1 nitrogen and oxygen atoms in total. The number of rotatable bonds is 7. The third kappa shape index (κ3) is 5.90. The second kappa shape index (κ2) is 11.2. The fourth-order valence-electron chi connectivity index (χ4n) is 7.36. The number of hydrogen-bond acceptors (Lipinski definition) is 1. The molecule has 0 amide bonds. The van der Waals surface area contributed by atoms with Crippen LogP contribution < -0.4 is 0 Å². The van der Waals surface area contributed by atoms with E-state index in [0.29, 0.717) is 6.10 Å². The average molecular weight is 411 g/mol. The van der Waals surface area contributed by atoms with Crippen molar-refractivity contribution in [1.82, 2.24) is 0 Å². The fraction of sp³-hybridized carbons (Fsp3) is 0.793. The monoisotopic (exact) mass is 410 g/mol. The molecule has 168 valence electrons. The molecule has 3 saturated carbocycles. The van der Waals surface area contributed by atoms with Crippen molar-refractivity contribution in [2.75, 3.05) is 6.61 Å². The molecule has 1 aromatic carbocycles. The Kier molecular flexibility index (Phi) is 8.33. The summed E-state index contributed by atoms with van der Waals surface area (Å²) in [5, 5.41) is 0. The maximum Gasteiger partial charge on any atom is 0.0575 e. The minimum absolute atomic E-state index is 0.572. The van der Waals surface area contributed by atoms with Crippen LogP contribution in [0, 0.1) is 29.6 Å². The third-order valence-electron chi connectivity index (χ3n) is 9.22. The van der Waals surface area contributed by atoms with Crippen molar-refractivity contribution in [2.24, 2.45) is 29.6 Å². The van der Waals surface area contributed by atoms with E-state index in [2.05, 4.69) is 44.2 Å². The lowest BCUT2D eigenvalue weighted by molar-refractivity contribution is 0.0116. The highest BCUT2D eigenvalue weighted by Crippen LogP contribution is 2.46. The van der Waals surface area contributed by atoms with Gasteiger partial charge in [0, 0.05) is 6.61 Å². The van der Waals surface area contributed by atoms with E-state index in [0.717, 1.165) is 42.1 Å². The van der Waals surface area contributed by atoms with Crippen LogP contribution in [0.4, 0.5) is 0 Å². The van der Waals surface area contributed by atoms with Gasteiger partial charge in [0.1, 0.15) is 0 Å². The Morgan fingerprint density at radius 2 is 1.17 bits per heavy atom. The van der Waals surface area contributed by atoms with Gasteiger partial charge in [-0.3, -0.25) is 0 Å². The molecule has 0 N–H and O–H groups in total. The van der Waals surface area contributed by atoms with Crippen molar-refractivity contribution in [3.63, 3.8) is 0 Å².